The van der Waals surface area contributed by atoms with Crippen LogP contribution in [0, 0.1) is 6.92 Å². The van der Waals surface area contributed by atoms with Crippen molar-refractivity contribution in [2.45, 2.75) is 30.3 Å². The highest BCUT2D eigenvalue weighted by Gasteiger charge is 2.31. The van der Waals surface area contributed by atoms with Gasteiger partial charge >= 0.3 is 0 Å². The summed E-state index contributed by atoms with van der Waals surface area (Å²) in [6, 6.07) is 4.74. The van der Waals surface area contributed by atoms with Gasteiger partial charge in [-0.25, -0.2) is 13.1 Å². The van der Waals surface area contributed by atoms with Crippen LogP contribution in [0.1, 0.15) is 18.4 Å². The molecule has 112 valence electrons. The van der Waals surface area contributed by atoms with E-state index in [1.54, 1.807) is 19.1 Å². The van der Waals surface area contributed by atoms with Crippen molar-refractivity contribution >= 4 is 15.7 Å². The van der Waals surface area contributed by atoms with E-state index in [0.29, 0.717) is 37.3 Å². The molecule has 0 amide bonds. The van der Waals surface area contributed by atoms with Crippen molar-refractivity contribution in [2.75, 3.05) is 25.5 Å². The maximum absolute atomic E-state index is 12.3. The molecule has 4 N–H and O–H groups in total. The van der Waals surface area contributed by atoms with Gasteiger partial charge < -0.3 is 15.6 Å². The molecule has 1 aliphatic rings. The third-order valence-corrected chi connectivity index (χ3v) is 5.06. The van der Waals surface area contributed by atoms with Crippen molar-refractivity contribution in [1.29, 1.82) is 0 Å². The predicted molar refractivity (Wildman–Crippen MR) is 75.8 cm³/mol. The summed E-state index contributed by atoms with van der Waals surface area (Å²) in [5.74, 6) is 0. The van der Waals surface area contributed by atoms with Gasteiger partial charge in [0.25, 0.3) is 0 Å². The number of aryl methyl sites for hydroxylation is 1. The second-order valence-corrected chi connectivity index (χ2v) is 6.92. The lowest BCUT2D eigenvalue weighted by Gasteiger charge is -2.32. The highest BCUT2D eigenvalue weighted by Crippen LogP contribution is 2.22. The van der Waals surface area contributed by atoms with Crippen molar-refractivity contribution in [1.82, 2.24) is 4.72 Å². The van der Waals surface area contributed by atoms with E-state index in [-0.39, 0.29) is 11.4 Å². The monoisotopic (exact) mass is 300 g/mol. The van der Waals surface area contributed by atoms with Crippen molar-refractivity contribution in [2.24, 2.45) is 0 Å². The van der Waals surface area contributed by atoms with Gasteiger partial charge in [0.05, 0.1) is 10.5 Å². The Kier molecular flexibility index (Phi) is 4.33. The number of aliphatic hydroxyl groups is 1. The molecule has 0 unspecified atom stereocenters. The van der Waals surface area contributed by atoms with Crippen LogP contribution in [0.4, 0.5) is 5.69 Å². The van der Waals surface area contributed by atoms with E-state index < -0.39 is 15.6 Å². The van der Waals surface area contributed by atoms with Crippen LogP contribution in [0.5, 0.6) is 0 Å². The Bertz CT molecular complexity index is 580. The number of hydrogen-bond donors (Lipinski definition) is 3. The molecule has 20 heavy (non-hydrogen) atoms. The summed E-state index contributed by atoms with van der Waals surface area (Å²) in [4.78, 5) is 0.146. The molecule has 1 aromatic carbocycles. The third kappa shape index (κ3) is 3.49. The maximum atomic E-state index is 12.3. The number of anilines is 1. The molecule has 0 radical (unpaired) electrons. The van der Waals surface area contributed by atoms with E-state index in [2.05, 4.69) is 4.72 Å². The lowest BCUT2D eigenvalue weighted by atomic mass is 9.95. The van der Waals surface area contributed by atoms with Crippen molar-refractivity contribution in [3.05, 3.63) is 23.8 Å². The van der Waals surface area contributed by atoms with Crippen molar-refractivity contribution in [3.63, 3.8) is 0 Å². The van der Waals surface area contributed by atoms with Crippen LogP contribution in [0.15, 0.2) is 23.1 Å². The fraction of sp³-hybridized carbons (Fsp3) is 0.538. The van der Waals surface area contributed by atoms with Crippen molar-refractivity contribution < 1.29 is 18.3 Å². The third-order valence-electron chi connectivity index (χ3n) is 3.52. The largest absolute Gasteiger partial charge is 0.399 e. The minimum atomic E-state index is -3.68. The van der Waals surface area contributed by atoms with E-state index in [1.165, 1.54) is 6.07 Å². The number of nitrogen functional groups attached to an aromatic ring is 1. The normalized spacial score (nSPS) is 18.9. The minimum Gasteiger partial charge on any atom is -0.399 e. The number of rotatable bonds is 4. The van der Waals surface area contributed by atoms with Crippen LogP contribution in [0.2, 0.25) is 0 Å². The summed E-state index contributed by atoms with van der Waals surface area (Å²) in [6.45, 7) is 2.56. The lowest BCUT2D eigenvalue weighted by Crippen LogP contribution is -2.46. The molecule has 0 bridgehead atoms. The zero-order valence-electron chi connectivity index (χ0n) is 11.4. The first-order valence-corrected chi connectivity index (χ1v) is 7.97. The lowest BCUT2D eigenvalue weighted by molar-refractivity contribution is -0.0588. The van der Waals surface area contributed by atoms with Crippen LogP contribution in [0.25, 0.3) is 0 Å². The Hall–Kier alpha value is -1.15. The quantitative estimate of drug-likeness (QED) is 0.699. The van der Waals surface area contributed by atoms with Crippen LogP contribution in [-0.2, 0) is 14.8 Å². The smallest absolute Gasteiger partial charge is 0.241 e. The van der Waals surface area contributed by atoms with E-state index in [0.717, 1.165) is 0 Å². The Balaban J connectivity index is 2.13. The SMILES string of the molecule is Cc1ccc(N)cc1S(=O)(=O)NCC1(O)CCOCC1. The summed E-state index contributed by atoms with van der Waals surface area (Å²) >= 11 is 0. The molecule has 7 heteroatoms. The van der Waals surface area contributed by atoms with Crippen LogP contribution in [-0.4, -0.2) is 38.9 Å². The van der Waals surface area contributed by atoms with Crippen molar-refractivity contribution in [3.8, 4) is 0 Å². The van der Waals surface area contributed by atoms with Gasteiger partial charge in [-0.15, -0.1) is 0 Å². The molecule has 1 fully saturated rings. The molecule has 0 saturated carbocycles. The van der Waals surface area contributed by atoms with Gasteiger partial charge in [-0.3, -0.25) is 0 Å². The zero-order chi connectivity index (χ0) is 14.8. The average molecular weight is 300 g/mol. The summed E-state index contributed by atoms with van der Waals surface area (Å²) in [7, 11) is -3.68. The number of nitrogens with two attached hydrogens (primary N) is 1. The molecule has 1 saturated heterocycles. The van der Waals surface area contributed by atoms with Gasteiger partial charge in [-0.2, -0.15) is 0 Å². The summed E-state index contributed by atoms with van der Waals surface area (Å²) in [5.41, 5.74) is 5.59. The number of ether oxygens (including phenoxy) is 1. The summed E-state index contributed by atoms with van der Waals surface area (Å²) in [5, 5.41) is 10.3. The molecular weight excluding hydrogens is 280 g/mol. The molecule has 0 spiro atoms. The van der Waals surface area contributed by atoms with Gasteiger partial charge in [0.15, 0.2) is 0 Å². The highest BCUT2D eigenvalue weighted by molar-refractivity contribution is 7.89. The average Bonchev–Trinajstić information content (AvgIpc) is 2.40. The number of nitrogens with one attached hydrogen (secondary N) is 1. The predicted octanol–water partition coefficient (Wildman–Crippen LogP) is 0.397. The van der Waals surface area contributed by atoms with Crippen LogP contribution < -0.4 is 10.5 Å². The number of benzene rings is 1. The molecular formula is C13H20N2O4S. The van der Waals surface area contributed by atoms with Gasteiger partial charge in [0.2, 0.25) is 10.0 Å². The molecule has 0 aliphatic carbocycles. The first-order valence-electron chi connectivity index (χ1n) is 6.48. The molecule has 1 aliphatic heterocycles. The fourth-order valence-corrected chi connectivity index (χ4v) is 3.54. The van der Waals surface area contributed by atoms with E-state index in [1.807, 2.05) is 0 Å². The molecule has 2 rings (SSSR count). The molecule has 0 atom stereocenters. The summed E-state index contributed by atoms with van der Waals surface area (Å²) in [6.07, 6.45) is 0.844. The topological polar surface area (TPSA) is 102 Å². The second kappa shape index (κ2) is 5.69. The van der Waals surface area contributed by atoms with E-state index >= 15 is 0 Å². The van der Waals surface area contributed by atoms with Gasteiger partial charge in [-0.1, -0.05) is 6.07 Å². The van der Waals surface area contributed by atoms with Gasteiger partial charge in [0, 0.05) is 38.3 Å². The second-order valence-electron chi connectivity index (χ2n) is 5.19. The standard InChI is InChI=1S/C13H20N2O4S/c1-10-2-3-11(14)8-12(10)20(17,18)15-9-13(16)4-6-19-7-5-13/h2-3,8,15-16H,4-7,9,14H2,1H3. The number of hydrogen-bond acceptors (Lipinski definition) is 5. The van der Waals surface area contributed by atoms with Gasteiger partial charge in [0.1, 0.15) is 0 Å². The summed E-state index contributed by atoms with van der Waals surface area (Å²) < 4.78 is 32.2. The Morgan fingerprint density at radius 2 is 2.05 bits per heavy atom. The molecule has 1 aromatic rings. The Labute approximate surface area is 119 Å². The molecule has 0 aromatic heterocycles. The van der Waals surface area contributed by atoms with Crippen LogP contribution in [0.3, 0.4) is 0 Å². The molecule has 1 heterocycles. The fourth-order valence-electron chi connectivity index (χ4n) is 2.14. The first kappa shape index (κ1) is 15.2. The highest BCUT2D eigenvalue weighted by atomic mass is 32.2. The van der Waals surface area contributed by atoms with Crippen LogP contribution >= 0.6 is 0 Å². The Morgan fingerprint density at radius 3 is 2.70 bits per heavy atom. The van der Waals surface area contributed by atoms with E-state index in [4.69, 9.17) is 10.5 Å². The maximum Gasteiger partial charge on any atom is 0.241 e. The van der Waals surface area contributed by atoms with Gasteiger partial charge in [-0.05, 0) is 24.6 Å². The molecule has 6 nitrogen and oxygen atoms in total. The minimum absolute atomic E-state index is 0.0209. The number of sulfonamides is 1. The Morgan fingerprint density at radius 1 is 1.40 bits per heavy atom. The van der Waals surface area contributed by atoms with E-state index in [9.17, 15) is 13.5 Å². The zero-order valence-corrected chi connectivity index (χ0v) is 12.2. The first-order chi connectivity index (χ1) is 9.32.